The van der Waals surface area contributed by atoms with E-state index in [1.165, 1.54) is 0 Å². The first-order valence-corrected chi connectivity index (χ1v) is 2.54. The topological polar surface area (TPSA) is 80.3 Å². The van der Waals surface area contributed by atoms with Gasteiger partial charge in [0.2, 0.25) is 0 Å². The molecular weight excluding hydrogens is 244 g/mol. The van der Waals surface area contributed by atoms with Crippen LogP contribution in [0.4, 0.5) is 0 Å². The van der Waals surface area contributed by atoms with Crippen LogP contribution in [-0.4, -0.2) is 18.9 Å². The molecule has 0 heterocycles. The van der Waals surface area contributed by atoms with Crippen LogP contribution in [0, 0.1) is 0 Å². The third-order valence-corrected chi connectivity index (χ3v) is 0. The Balaban J connectivity index is -0.0000000267. The summed E-state index contributed by atoms with van der Waals surface area (Å²) in [4.78, 5) is 0. The molecule has 0 saturated carbocycles. The van der Waals surface area contributed by atoms with Crippen LogP contribution in [-0.2, 0) is 54.3 Å². The number of hydrogen-bond acceptors (Lipinski definition) is 4. The van der Waals surface area contributed by atoms with Gasteiger partial charge in [-0.05, 0) is 0 Å². The molecule has 0 rings (SSSR count). The summed E-state index contributed by atoms with van der Waals surface area (Å²) in [5.41, 5.74) is 0. The zero-order valence-electron chi connectivity index (χ0n) is 2.66. The molecule has 0 N–H and O–H groups in total. The quantitative estimate of drug-likeness (QED) is 0.419. The molecule has 8 heteroatoms. The fourth-order valence-electron chi connectivity index (χ4n) is 0. The number of rotatable bonds is 0. The van der Waals surface area contributed by atoms with E-state index in [1.54, 1.807) is 0 Å². The predicted octanol–water partition coefficient (Wildman–Crippen LogP) is -3.27. The van der Waals surface area contributed by atoms with Crippen molar-refractivity contribution in [3.05, 3.63) is 0 Å². The summed E-state index contributed by atoms with van der Waals surface area (Å²) < 4.78 is 34.3. The summed E-state index contributed by atoms with van der Waals surface area (Å²) in [6.07, 6.45) is 0. The van der Waals surface area contributed by atoms with Gasteiger partial charge in [-0.2, -0.15) is 0 Å². The van der Waals surface area contributed by atoms with Crippen molar-refractivity contribution in [2.45, 2.75) is 0 Å². The van der Waals surface area contributed by atoms with Crippen molar-refractivity contribution in [3.8, 4) is 0 Å². The van der Waals surface area contributed by atoms with Crippen molar-refractivity contribution >= 4 is 18.9 Å². The van der Waals surface area contributed by atoms with Crippen molar-refractivity contribution < 1.29 is 62.7 Å². The summed E-state index contributed by atoms with van der Waals surface area (Å²) in [7, 11) is 0. The fourth-order valence-corrected chi connectivity index (χ4v) is 0. The van der Waals surface area contributed by atoms with Crippen molar-refractivity contribution in [2.24, 2.45) is 0 Å². The Morgan fingerprint density at radius 1 is 1.12 bits per heavy atom. The second kappa shape index (κ2) is 8.64. The zero-order chi connectivity index (χ0) is 4.50. The van der Waals surface area contributed by atoms with Crippen LogP contribution in [0.3, 0.4) is 0 Å². The van der Waals surface area contributed by atoms with Gasteiger partial charge in [-0.3, -0.25) is 0 Å². The van der Waals surface area contributed by atoms with E-state index in [1.807, 2.05) is 0 Å². The summed E-state index contributed by atoms with van der Waals surface area (Å²) in [5, 5.41) is 0. The van der Waals surface area contributed by atoms with Crippen molar-refractivity contribution in [1.82, 2.24) is 0 Å². The van der Waals surface area contributed by atoms with Gasteiger partial charge < -0.3 is 0 Å². The third-order valence-electron chi connectivity index (χ3n) is 0. The minimum atomic E-state index is -5.62. The SMILES string of the molecule is [Co+2].[LiH].[Ni].[O]=[Mn](=[O])([O-])[O-]. The van der Waals surface area contributed by atoms with Crippen molar-refractivity contribution in [1.29, 1.82) is 0 Å². The molecule has 0 spiro atoms. The average Bonchev–Trinajstić information content (AvgIpc) is 0.722. The molecule has 0 aliphatic carbocycles. The molecule has 0 aliphatic heterocycles. The van der Waals surface area contributed by atoms with Crippen LogP contribution < -0.4 is 8.38 Å². The molecule has 0 saturated heterocycles. The van der Waals surface area contributed by atoms with E-state index in [0.717, 1.165) is 0 Å². The van der Waals surface area contributed by atoms with E-state index in [9.17, 15) is 0 Å². The molecule has 1 radical (unpaired) electrons. The first kappa shape index (κ1) is 22.6. The Morgan fingerprint density at radius 2 is 1.12 bits per heavy atom. The van der Waals surface area contributed by atoms with E-state index in [2.05, 4.69) is 0 Å². The van der Waals surface area contributed by atoms with E-state index in [-0.39, 0.29) is 52.1 Å². The molecule has 0 atom stereocenters. The molecule has 0 fully saturated rings. The molecule has 0 aliphatic rings. The number of hydrogen-bond donors (Lipinski definition) is 0. The van der Waals surface area contributed by atoms with Gasteiger partial charge in [0.15, 0.2) is 0 Å². The van der Waals surface area contributed by atoms with E-state index < -0.39 is 13.4 Å². The van der Waals surface area contributed by atoms with E-state index in [4.69, 9.17) is 16.0 Å². The monoisotopic (exact) mass is 244 g/mol. The summed E-state index contributed by atoms with van der Waals surface area (Å²) in [5.74, 6) is 0. The van der Waals surface area contributed by atoms with E-state index in [0.29, 0.717) is 0 Å². The Hall–Kier alpha value is 1.64. The second-order valence-corrected chi connectivity index (χ2v) is 1.56. The molecule has 0 aromatic heterocycles. The molecular formula is HCoLiMnNiO4. The summed E-state index contributed by atoms with van der Waals surface area (Å²) >= 11 is -5.62. The van der Waals surface area contributed by atoms with Crippen LogP contribution in [0.5, 0.6) is 0 Å². The Bertz CT molecular complexity index is 99.2. The normalized spacial score (nSPS) is 7.25. The first-order valence-electron chi connectivity index (χ1n) is 0.617. The summed E-state index contributed by atoms with van der Waals surface area (Å²) in [6, 6.07) is 0. The van der Waals surface area contributed by atoms with Gasteiger partial charge in [-0.1, -0.05) is 0 Å². The Kier molecular flexibility index (Phi) is 24.4. The van der Waals surface area contributed by atoms with Crippen LogP contribution >= 0.6 is 0 Å². The second-order valence-electron chi connectivity index (χ2n) is 0.378. The molecule has 0 aromatic carbocycles. The molecule has 0 bridgehead atoms. The Morgan fingerprint density at radius 3 is 1.12 bits per heavy atom. The van der Waals surface area contributed by atoms with Gasteiger partial charge in [0.05, 0.1) is 0 Å². The van der Waals surface area contributed by atoms with Crippen LogP contribution in [0.25, 0.3) is 0 Å². The first-order chi connectivity index (χ1) is 2.00. The van der Waals surface area contributed by atoms with Gasteiger partial charge in [0.1, 0.15) is 0 Å². The van der Waals surface area contributed by atoms with Crippen molar-refractivity contribution in [3.63, 3.8) is 0 Å². The Labute approximate surface area is 81.0 Å². The van der Waals surface area contributed by atoms with Gasteiger partial charge >= 0.3 is 65.1 Å². The maximum absolute atomic E-state index is 8.58. The van der Waals surface area contributed by atoms with Gasteiger partial charge in [-0.15, -0.1) is 0 Å². The van der Waals surface area contributed by atoms with Gasteiger partial charge in [0, 0.05) is 16.5 Å². The average molecular weight is 245 g/mol. The van der Waals surface area contributed by atoms with Crippen molar-refractivity contribution in [2.75, 3.05) is 0 Å². The zero-order valence-corrected chi connectivity index (χ0v) is 5.87. The molecule has 8 heavy (non-hydrogen) atoms. The fraction of sp³-hybridized carbons (Fsp3) is 0. The molecule has 4 nitrogen and oxygen atoms in total. The van der Waals surface area contributed by atoms with Crippen LogP contribution in [0.2, 0.25) is 0 Å². The van der Waals surface area contributed by atoms with E-state index >= 15 is 0 Å². The third kappa shape index (κ3) is 126. The van der Waals surface area contributed by atoms with Gasteiger partial charge in [0.25, 0.3) is 0 Å². The molecule has 0 aromatic rings. The molecule has 0 amide bonds. The molecule has 0 unspecified atom stereocenters. The maximum atomic E-state index is 8.58. The van der Waals surface area contributed by atoms with Crippen LogP contribution in [0.15, 0.2) is 0 Å². The standard InChI is InChI=1S/Co.Li.Mn.Ni.4O.H/q+2;;;;;;2*-1;. The van der Waals surface area contributed by atoms with Crippen LogP contribution in [0.1, 0.15) is 0 Å². The van der Waals surface area contributed by atoms with Gasteiger partial charge in [-0.25, -0.2) is 0 Å². The molecule has 52 valence electrons. The minimum absolute atomic E-state index is 0. The predicted molar refractivity (Wildman–Crippen MR) is 8.52 cm³/mol. The summed E-state index contributed by atoms with van der Waals surface area (Å²) in [6.45, 7) is 0.